The zero-order valence-electron chi connectivity index (χ0n) is 15.1. The van der Waals surface area contributed by atoms with Gasteiger partial charge in [0.2, 0.25) is 11.7 Å². The molecule has 2 aromatic rings. The van der Waals surface area contributed by atoms with Gasteiger partial charge in [0.05, 0.1) is 5.69 Å². The van der Waals surface area contributed by atoms with Gasteiger partial charge < -0.3 is 9.84 Å². The van der Waals surface area contributed by atoms with E-state index in [1.54, 1.807) is 17.8 Å². The minimum atomic E-state index is -0.350. The fourth-order valence-corrected chi connectivity index (χ4v) is 3.22. The normalized spacial score (nSPS) is 15.7. The highest BCUT2D eigenvalue weighted by molar-refractivity contribution is 6.01. The third kappa shape index (κ3) is 3.89. The number of hydrogen-bond donors (Lipinski definition) is 2. The molecule has 8 nitrogen and oxygen atoms in total. The molecule has 0 saturated carbocycles. The molecule has 0 aliphatic carbocycles. The molecular formula is C17H26N6O2. The first kappa shape index (κ1) is 17.6. The van der Waals surface area contributed by atoms with Crippen LogP contribution in [-0.4, -0.2) is 38.9 Å². The summed E-state index contributed by atoms with van der Waals surface area (Å²) >= 11 is 0. The van der Waals surface area contributed by atoms with Gasteiger partial charge in [0.25, 0.3) is 5.91 Å². The van der Waals surface area contributed by atoms with Gasteiger partial charge in [-0.3, -0.25) is 10.1 Å². The van der Waals surface area contributed by atoms with Crippen molar-refractivity contribution in [3.63, 3.8) is 0 Å². The summed E-state index contributed by atoms with van der Waals surface area (Å²) in [6, 6.07) is 1.72. The number of carbonyl (C=O) groups excluding carboxylic acids is 1. The highest BCUT2D eigenvalue weighted by Gasteiger charge is 2.23. The molecule has 25 heavy (non-hydrogen) atoms. The van der Waals surface area contributed by atoms with Crippen molar-refractivity contribution in [1.29, 1.82) is 0 Å². The molecule has 3 heterocycles. The van der Waals surface area contributed by atoms with Gasteiger partial charge in [0, 0.05) is 24.9 Å². The Bertz CT molecular complexity index is 713. The summed E-state index contributed by atoms with van der Waals surface area (Å²) in [5.41, 5.74) is 0.823. The van der Waals surface area contributed by atoms with Gasteiger partial charge in [-0.05, 0) is 38.8 Å². The maximum atomic E-state index is 12.4. The number of carbonyl (C=O) groups is 1. The van der Waals surface area contributed by atoms with Crippen LogP contribution in [0, 0.1) is 0 Å². The first-order chi connectivity index (χ1) is 12.1. The maximum Gasteiger partial charge on any atom is 0.296 e. The molecule has 0 spiro atoms. The summed E-state index contributed by atoms with van der Waals surface area (Å²) in [5.74, 6) is 1.72. The maximum absolute atomic E-state index is 12.4. The second kappa shape index (κ2) is 7.77. The number of piperidine rings is 1. The van der Waals surface area contributed by atoms with E-state index in [1.807, 2.05) is 0 Å². The van der Waals surface area contributed by atoms with E-state index in [0.29, 0.717) is 17.8 Å². The monoisotopic (exact) mass is 346 g/mol. The zero-order valence-corrected chi connectivity index (χ0v) is 15.1. The van der Waals surface area contributed by atoms with Gasteiger partial charge >= 0.3 is 0 Å². The largest absolute Gasteiger partial charge is 0.351 e. The summed E-state index contributed by atoms with van der Waals surface area (Å²) in [4.78, 5) is 16.9. The van der Waals surface area contributed by atoms with Crippen molar-refractivity contribution in [2.45, 2.75) is 51.4 Å². The third-order valence-electron chi connectivity index (χ3n) is 4.87. The molecular weight excluding hydrogens is 320 g/mol. The quantitative estimate of drug-likeness (QED) is 0.833. The Labute approximate surface area is 147 Å². The van der Waals surface area contributed by atoms with Gasteiger partial charge in [0.1, 0.15) is 0 Å². The van der Waals surface area contributed by atoms with Crippen LogP contribution in [0.15, 0.2) is 10.6 Å². The smallest absolute Gasteiger partial charge is 0.296 e. The second-order valence-corrected chi connectivity index (χ2v) is 6.53. The third-order valence-corrected chi connectivity index (χ3v) is 4.87. The van der Waals surface area contributed by atoms with E-state index in [0.717, 1.165) is 50.3 Å². The number of hydrogen-bond acceptors (Lipinski definition) is 6. The number of nitrogens with one attached hydrogen (secondary N) is 2. The minimum absolute atomic E-state index is 0.202. The SMILES string of the molecule is CCC(CC)c1cc(C(=O)Nc2nc(C3CCNCC3)nn2C)on1. The van der Waals surface area contributed by atoms with Crippen molar-refractivity contribution >= 4 is 11.9 Å². The highest BCUT2D eigenvalue weighted by atomic mass is 16.5. The van der Waals surface area contributed by atoms with Crippen LogP contribution in [0.25, 0.3) is 0 Å². The van der Waals surface area contributed by atoms with Crippen LogP contribution in [-0.2, 0) is 7.05 Å². The molecule has 1 aliphatic heterocycles. The van der Waals surface area contributed by atoms with Crippen molar-refractivity contribution in [2.24, 2.45) is 7.05 Å². The van der Waals surface area contributed by atoms with Crippen LogP contribution < -0.4 is 10.6 Å². The predicted octanol–water partition coefficient (Wildman–Crippen LogP) is 2.43. The number of amides is 1. The van der Waals surface area contributed by atoms with Crippen LogP contribution in [0.1, 0.15) is 73.4 Å². The summed E-state index contributed by atoms with van der Waals surface area (Å²) in [7, 11) is 1.78. The van der Waals surface area contributed by atoms with E-state index in [4.69, 9.17) is 4.52 Å². The molecule has 2 aromatic heterocycles. The Morgan fingerprint density at radius 3 is 2.80 bits per heavy atom. The molecule has 0 unspecified atom stereocenters. The number of rotatable bonds is 6. The van der Waals surface area contributed by atoms with Crippen molar-refractivity contribution in [1.82, 2.24) is 25.2 Å². The zero-order chi connectivity index (χ0) is 17.8. The Morgan fingerprint density at radius 1 is 1.40 bits per heavy atom. The van der Waals surface area contributed by atoms with E-state index in [-0.39, 0.29) is 11.7 Å². The standard InChI is InChI=1S/C17H26N6O2/c1-4-11(5-2)13-10-14(25-22-13)16(24)20-17-19-15(21-23(17)3)12-6-8-18-9-7-12/h10-12,18H,4-9H2,1-3H3,(H,19,20,21,24). The van der Waals surface area contributed by atoms with Gasteiger partial charge in [-0.1, -0.05) is 19.0 Å². The van der Waals surface area contributed by atoms with Crippen LogP contribution >= 0.6 is 0 Å². The minimum Gasteiger partial charge on any atom is -0.351 e. The molecule has 3 rings (SSSR count). The molecule has 2 N–H and O–H groups in total. The first-order valence-electron chi connectivity index (χ1n) is 9.02. The van der Waals surface area contributed by atoms with Crippen molar-refractivity contribution in [3.05, 3.63) is 23.3 Å². The lowest BCUT2D eigenvalue weighted by atomic mass is 9.98. The molecule has 8 heteroatoms. The van der Waals surface area contributed by atoms with Crippen LogP contribution in [0.2, 0.25) is 0 Å². The molecule has 1 fully saturated rings. The van der Waals surface area contributed by atoms with E-state index < -0.39 is 0 Å². The Kier molecular flexibility index (Phi) is 5.47. The van der Waals surface area contributed by atoms with Crippen LogP contribution in [0.3, 0.4) is 0 Å². The summed E-state index contributed by atoms with van der Waals surface area (Å²) in [5, 5.41) is 14.6. The van der Waals surface area contributed by atoms with E-state index >= 15 is 0 Å². The van der Waals surface area contributed by atoms with Crippen molar-refractivity contribution < 1.29 is 9.32 Å². The Hall–Kier alpha value is -2.22. The van der Waals surface area contributed by atoms with Crippen molar-refractivity contribution in [2.75, 3.05) is 18.4 Å². The summed E-state index contributed by atoms with van der Waals surface area (Å²) in [6.07, 6.45) is 3.95. The number of aromatic nitrogens is 4. The predicted molar refractivity (Wildman–Crippen MR) is 93.6 cm³/mol. The fourth-order valence-electron chi connectivity index (χ4n) is 3.22. The molecule has 1 amide bonds. The van der Waals surface area contributed by atoms with E-state index in [1.165, 1.54) is 0 Å². The average Bonchev–Trinajstić information content (AvgIpc) is 3.25. The number of anilines is 1. The van der Waals surface area contributed by atoms with Gasteiger partial charge in [0.15, 0.2) is 5.82 Å². The first-order valence-corrected chi connectivity index (χ1v) is 9.02. The van der Waals surface area contributed by atoms with Crippen LogP contribution in [0.4, 0.5) is 5.95 Å². The van der Waals surface area contributed by atoms with Crippen molar-refractivity contribution in [3.8, 4) is 0 Å². The lowest BCUT2D eigenvalue weighted by Crippen LogP contribution is -2.27. The summed E-state index contributed by atoms with van der Waals surface area (Å²) < 4.78 is 6.82. The highest BCUT2D eigenvalue weighted by Crippen LogP contribution is 2.24. The number of aryl methyl sites for hydroxylation is 1. The molecule has 0 aromatic carbocycles. The van der Waals surface area contributed by atoms with Gasteiger partial charge in [-0.2, -0.15) is 10.1 Å². The molecule has 0 atom stereocenters. The second-order valence-electron chi connectivity index (χ2n) is 6.53. The topological polar surface area (TPSA) is 97.9 Å². The van der Waals surface area contributed by atoms with Crippen LogP contribution in [0.5, 0.6) is 0 Å². The Morgan fingerprint density at radius 2 is 2.12 bits per heavy atom. The molecule has 0 bridgehead atoms. The Balaban J connectivity index is 1.69. The molecule has 136 valence electrons. The lowest BCUT2D eigenvalue weighted by molar-refractivity contribution is 0.0986. The van der Waals surface area contributed by atoms with Gasteiger partial charge in [-0.25, -0.2) is 4.68 Å². The molecule has 1 aliphatic rings. The summed E-state index contributed by atoms with van der Waals surface area (Å²) in [6.45, 7) is 6.15. The fraction of sp³-hybridized carbons (Fsp3) is 0.647. The average molecular weight is 346 g/mol. The van der Waals surface area contributed by atoms with Gasteiger partial charge in [-0.15, -0.1) is 0 Å². The molecule has 1 saturated heterocycles. The van der Waals surface area contributed by atoms with E-state index in [2.05, 4.69) is 39.7 Å². The lowest BCUT2D eigenvalue weighted by Gasteiger charge is -2.19. The number of nitrogens with zero attached hydrogens (tertiary/aromatic N) is 4. The molecule has 0 radical (unpaired) electrons. The van der Waals surface area contributed by atoms with E-state index in [9.17, 15) is 4.79 Å².